The molecular weight excluding hydrogens is 620 g/mol. The van der Waals surface area contributed by atoms with Gasteiger partial charge in [-0.15, -0.1) is 0 Å². The maximum atomic E-state index is 13.1. The molecule has 2 fully saturated rings. The molecule has 0 amide bonds. The van der Waals surface area contributed by atoms with Gasteiger partial charge >= 0.3 is 0 Å². The summed E-state index contributed by atoms with van der Waals surface area (Å²) in [6, 6.07) is -2.24. The summed E-state index contributed by atoms with van der Waals surface area (Å²) in [4.78, 5) is 16.9. The van der Waals surface area contributed by atoms with Crippen LogP contribution in [0.2, 0.25) is 0 Å². The molecule has 0 spiro atoms. The molecule has 0 bridgehead atoms. The number of hydrogen-bond donors (Lipinski definition) is 12. The van der Waals surface area contributed by atoms with Crippen LogP contribution in [-0.4, -0.2) is 150 Å². The highest BCUT2D eigenvalue weighted by Gasteiger charge is 2.51. The number of likely N-dealkylation sites (N-methyl/N-ethyl adjacent to an activating group) is 1. The van der Waals surface area contributed by atoms with E-state index in [2.05, 4.69) is 15.6 Å². The van der Waals surface area contributed by atoms with Crippen molar-refractivity contribution in [2.75, 3.05) is 39.8 Å². The highest BCUT2D eigenvalue weighted by Crippen LogP contribution is 2.36. The molecule has 1 aliphatic carbocycles. The molecule has 13 atom stereocenters. The van der Waals surface area contributed by atoms with Crippen LogP contribution in [0, 0.1) is 5.92 Å². The molecular formula is C29H56N8O10. The third kappa shape index (κ3) is 11.0. The molecule has 0 aromatic carbocycles. The van der Waals surface area contributed by atoms with Crippen molar-refractivity contribution >= 4 is 11.7 Å². The monoisotopic (exact) mass is 676 g/mol. The Kier molecular flexibility index (Phi) is 15.2. The minimum Gasteiger partial charge on any atom is -0.467 e. The Hall–Kier alpha value is -2.04. The first-order valence-electron chi connectivity index (χ1n) is 16.1. The number of rotatable bonds is 17. The van der Waals surface area contributed by atoms with Gasteiger partial charge in [0.15, 0.2) is 18.0 Å². The lowest BCUT2D eigenvalue weighted by molar-refractivity contribution is -0.308. The molecule has 18 heteroatoms. The number of Topliss-reactive ketones (excluding diaryl/α,β-unsaturated/α-hetero) is 1. The van der Waals surface area contributed by atoms with Crippen LogP contribution in [0.25, 0.3) is 0 Å². The van der Waals surface area contributed by atoms with Crippen molar-refractivity contribution in [1.29, 1.82) is 0 Å². The standard InChI is InChI=1S/C29H56N8O10/c1-29(43)13-44-27(22(42)25(29)35-2)46-23-14(10-20(40)19(39)6-8-37-28(33)34)9-18(32)24(21(23)41)47-26-17(31)4-3-16(45-26)12-36-11-15(38)5-7-30/h3,14-15,17-19,21-27,35-36,38-39,41-43H,4-13,30-32H2,1-2H3,(H4,33,34,37)/t14-,15?,17+,18-,19-,21+,22+,23-,24?,25+,26+,27+,29-/m0/s1. The summed E-state index contributed by atoms with van der Waals surface area (Å²) >= 11 is 0. The van der Waals surface area contributed by atoms with E-state index in [0.717, 1.165) is 0 Å². The summed E-state index contributed by atoms with van der Waals surface area (Å²) in [6.07, 6.45) is -6.77. The summed E-state index contributed by atoms with van der Waals surface area (Å²) in [5.74, 6) is -0.898. The van der Waals surface area contributed by atoms with Crippen LogP contribution in [-0.2, 0) is 23.7 Å². The molecule has 3 aliphatic rings. The van der Waals surface area contributed by atoms with E-state index in [1.165, 1.54) is 6.92 Å². The number of aliphatic imine (C=N–C) groups is 1. The molecule has 2 unspecified atom stereocenters. The average Bonchev–Trinajstić information content (AvgIpc) is 2.99. The van der Waals surface area contributed by atoms with E-state index in [1.807, 2.05) is 6.08 Å². The Morgan fingerprint density at radius 2 is 1.83 bits per heavy atom. The Morgan fingerprint density at radius 1 is 1.13 bits per heavy atom. The normalized spacial score (nSPS) is 37.4. The lowest BCUT2D eigenvalue weighted by Gasteiger charge is -2.48. The maximum Gasteiger partial charge on any atom is 0.215 e. The van der Waals surface area contributed by atoms with E-state index in [0.29, 0.717) is 38.2 Å². The highest BCUT2D eigenvalue weighted by atomic mass is 16.7. The number of nitrogens with one attached hydrogen (secondary N) is 2. The molecule has 2 aliphatic heterocycles. The van der Waals surface area contributed by atoms with E-state index in [-0.39, 0.29) is 38.4 Å². The van der Waals surface area contributed by atoms with Crippen LogP contribution in [0.3, 0.4) is 0 Å². The molecule has 1 saturated heterocycles. The number of ketones is 1. The number of aliphatic hydroxyl groups is 5. The number of carbonyl (C=O) groups excluding carboxylic acids is 1. The Labute approximate surface area is 275 Å². The van der Waals surface area contributed by atoms with Gasteiger partial charge in [0.1, 0.15) is 35.8 Å². The third-order valence-electron chi connectivity index (χ3n) is 8.80. The van der Waals surface area contributed by atoms with Gasteiger partial charge in [-0.25, -0.2) is 0 Å². The number of carbonyl (C=O) groups is 1. The summed E-state index contributed by atoms with van der Waals surface area (Å²) in [5.41, 5.74) is 27.6. The first-order chi connectivity index (χ1) is 22.2. The lowest BCUT2D eigenvalue weighted by atomic mass is 9.76. The quantitative estimate of drug-likeness (QED) is 0.0506. The molecule has 272 valence electrons. The van der Waals surface area contributed by atoms with Crippen molar-refractivity contribution in [3.05, 3.63) is 11.8 Å². The van der Waals surface area contributed by atoms with Crippen LogP contribution in [0.15, 0.2) is 16.8 Å². The van der Waals surface area contributed by atoms with Crippen LogP contribution in [0.1, 0.15) is 39.0 Å². The second-order valence-corrected chi connectivity index (χ2v) is 12.8. The first-order valence-corrected chi connectivity index (χ1v) is 16.1. The molecule has 17 N–H and O–H groups in total. The van der Waals surface area contributed by atoms with Crippen molar-refractivity contribution in [2.24, 2.45) is 39.6 Å². The van der Waals surface area contributed by atoms with Gasteiger partial charge in [-0.3, -0.25) is 9.79 Å². The number of ether oxygens (including phenoxy) is 4. The maximum absolute atomic E-state index is 13.1. The Bertz CT molecular complexity index is 1050. The highest BCUT2D eigenvalue weighted by molar-refractivity contribution is 5.83. The molecule has 47 heavy (non-hydrogen) atoms. The smallest absolute Gasteiger partial charge is 0.215 e. The fourth-order valence-corrected chi connectivity index (χ4v) is 6.22. The van der Waals surface area contributed by atoms with E-state index >= 15 is 0 Å². The van der Waals surface area contributed by atoms with Crippen molar-refractivity contribution in [1.82, 2.24) is 10.6 Å². The molecule has 0 radical (unpaired) electrons. The van der Waals surface area contributed by atoms with Gasteiger partial charge in [-0.05, 0) is 51.8 Å². The van der Waals surface area contributed by atoms with Gasteiger partial charge in [0.2, 0.25) is 6.29 Å². The molecule has 0 aromatic heterocycles. The van der Waals surface area contributed by atoms with Crippen molar-refractivity contribution in [2.45, 2.75) is 112 Å². The van der Waals surface area contributed by atoms with Crippen LogP contribution < -0.4 is 39.3 Å². The molecule has 1 saturated carbocycles. The summed E-state index contributed by atoms with van der Waals surface area (Å²) in [7, 11) is 1.57. The first kappa shape index (κ1) is 39.4. The zero-order valence-electron chi connectivity index (χ0n) is 27.2. The summed E-state index contributed by atoms with van der Waals surface area (Å²) in [6.45, 7) is 2.31. The van der Waals surface area contributed by atoms with E-state index in [1.54, 1.807) is 7.05 Å². The van der Waals surface area contributed by atoms with E-state index in [9.17, 15) is 30.3 Å². The minimum absolute atomic E-state index is 0.0215. The van der Waals surface area contributed by atoms with Gasteiger partial charge in [-0.1, -0.05) is 0 Å². The second-order valence-electron chi connectivity index (χ2n) is 12.8. The van der Waals surface area contributed by atoms with Gasteiger partial charge in [0.05, 0.1) is 37.4 Å². The molecule has 18 nitrogen and oxygen atoms in total. The molecule has 3 rings (SSSR count). The zero-order valence-corrected chi connectivity index (χ0v) is 27.2. The largest absolute Gasteiger partial charge is 0.467 e. The summed E-state index contributed by atoms with van der Waals surface area (Å²) < 4.78 is 24.0. The number of guanidine groups is 1. The Balaban J connectivity index is 1.75. The number of aliphatic hydroxyl groups excluding tert-OH is 4. The predicted molar refractivity (Wildman–Crippen MR) is 170 cm³/mol. The van der Waals surface area contributed by atoms with Gasteiger partial charge in [0.25, 0.3) is 0 Å². The zero-order chi connectivity index (χ0) is 34.9. The fraction of sp³-hybridized carbons (Fsp3) is 0.862. The second kappa shape index (κ2) is 18.1. The molecule has 2 heterocycles. The number of hydrogen-bond acceptors (Lipinski definition) is 16. The SMILES string of the molecule is CN[C@@H]1[C@@H](O)[C@@H](O[C@H]2[C@H](CC(=O)[C@@H](O)CCN=C(N)N)C[C@H](N)C(O[C@H]3OC(CNCC(O)CCN)=CC[C@H]3N)[C@@H]2O)OC[C@]1(C)O. The average molecular weight is 677 g/mol. The van der Waals surface area contributed by atoms with Gasteiger partial charge in [0, 0.05) is 32.0 Å². The van der Waals surface area contributed by atoms with Crippen LogP contribution >= 0.6 is 0 Å². The predicted octanol–water partition coefficient (Wildman–Crippen LogP) is -5.24. The van der Waals surface area contributed by atoms with Crippen LogP contribution in [0.5, 0.6) is 0 Å². The van der Waals surface area contributed by atoms with Crippen molar-refractivity contribution in [3.63, 3.8) is 0 Å². The Morgan fingerprint density at radius 3 is 2.49 bits per heavy atom. The number of nitrogens with two attached hydrogens (primary N) is 5. The van der Waals surface area contributed by atoms with Crippen molar-refractivity contribution in [3.8, 4) is 0 Å². The van der Waals surface area contributed by atoms with Crippen LogP contribution in [0.4, 0.5) is 0 Å². The lowest BCUT2D eigenvalue weighted by Crippen LogP contribution is -2.67. The van der Waals surface area contributed by atoms with Gasteiger partial charge < -0.3 is 83.8 Å². The van der Waals surface area contributed by atoms with Crippen molar-refractivity contribution < 1.29 is 49.3 Å². The van der Waals surface area contributed by atoms with Gasteiger partial charge in [-0.2, -0.15) is 0 Å². The minimum atomic E-state index is -1.45. The topological polar surface area (TPSA) is 322 Å². The molecule has 0 aromatic rings. The van der Waals surface area contributed by atoms with E-state index < -0.39 is 84.6 Å². The van der Waals surface area contributed by atoms with E-state index in [4.69, 9.17) is 47.6 Å². The number of nitrogens with zero attached hydrogens (tertiary/aromatic N) is 1. The summed E-state index contributed by atoms with van der Waals surface area (Å²) in [5, 5.41) is 59.8. The fourth-order valence-electron chi connectivity index (χ4n) is 6.22. The third-order valence-corrected chi connectivity index (χ3v) is 8.80.